The van der Waals surface area contributed by atoms with Gasteiger partial charge in [0.15, 0.2) is 0 Å². The molecular formula is C15H23BrN2O2S. The molecule has 21 heavy (non-hydrogen) atoms. The Morgan fingerprint density at radius 1 is 1.33 bits per heavy atom. The van der Waals surface area contributed by atoms with Crippen molar-refractivity contribution in [2.24, 2.45) is 17.6 Å². The summed E-state index contributed by atoms with van der Waals surface area (Å²) >= 11 is 3.44. The standard InChI is InChI=1S/C15H23BrN2O2S/c1-10-4-5-18(9-11(10)2)21(19,20)15-7-13(8-17)6-14(16)12(15)3/h6-7,10-11H,4-5,8-9,17H2,1-3H3. The Balaban J connectivity index is 2.42. The van der Waals surface area contributed by atoms with Crippen LogP contribution in [0.5, 0.6) is 0 Å². The van der Waals surface area contributed by atoms with Crippen molar-refractivity contribution in [1.29, 1.82) is 0 Å². The van der Waals surface area contributed by atoms with Crippen molar-refractivity contribution in [3.63, 3.8) is 0 Å². The lowest BCUT2D eigenvalue weighted by Gasteiger charge is -2.34. The van der Waals surface area contributed by atoms with Gasteiger partial charge in [0.1, 0.15) is 0 Å². The number of piperidine rings is 1. The number of benzene rings is 1. The molecule has 2 unspecified atom stereocenters. The first-order valence-electron chi connectivity index (χ1n) is 7.26. The zero-order chi connectivity index (χ0) is 15.8. The molecule has 1 saturated heterocycles. The van der Waals surface area contributed by atoms with Gasteiger partial charge >= 0.3 is 0 Å². The van der Waals surface area contributed by atoms with E-state index in [0.29, 0.717) is 36.4 Å². The smallest absolute Gasteiger partial charge is 0.243 e. The molecule has 2 atom stereocenters. The molecule has 118 valence electrons. The van der Waals surface area contributed by atoms with Crippen molar-refractivity contribution < 1.29 is 8.42 Å². The fourth-order valence-corrected chi connectivity index (χ4v) is 5.17. The predicted molar refractivity (Wildman–Crippen MR) is 88.5 cm³/mol. The maximum atomic E-state index is 12.9. The summed E-state index contributed by atoms with van der Waals surface area (Å²) in [6.45, 7) is 7.64. The molecule has 1 aliphatic rings. The van der Waals surface area contributed by atoms with E-state index in [2.05, 4.69) is 29.8 Å². The van der Waals surface area contributed by atoms with Gasteiger partial charge in [-0.1, -0.05) is 29.8 Å². The minimum absolute atomic E-state index is 0.328. The molecule has 0 bridgehead atoms. The van der Waals surface area contributed by atoms with Gasteiger partial charge in [0.2, 0.25) is 10.0 Å². The highest BCUT2D eigenvalue weighted by molar-refractivity contribution is 9.10. The van der Waals surface area contributed by atoms with Crippen LogP contribution in [0.2, 0.25) is 0 Å². The van der Waals surface area contributed by atoms with Crippen molar-refractivity contribution in [3.05, 3.63) is 27.7 Å². The van der Waals surface area contributed by atoms with E-state index in [4.69, 9.17) is 5.73 Å². The van der Waals surface area contributed by atoms with Crippen LogP contribution in [0.1, 0.15) is 31.4 Å². The molecule has 1 aromatic rings. The topological polar surface area (TPSA) is 63.4 Å². The highest BCUT2D eigenvalue weighted by Crippen LogP contribution is 2.31. The molecule has 2 N–H and O–H groups in total. The number of rotatable bonds is 3. The Morgan fingerprint density at radius 2 is 2.00 bits per heavy atom. The summed E-state index contributed by atoms with van der Waals surface area (Å²) < 4.78 is 28.3. The van der Waals surface area contributed by atoms with Crippen LogP contribution in [-0.2, 0) is 16.6 Å². The summed E-state index contributed by atoms with van der Waals surface area (Å²) in [4.78, 5) is 0.374. The fourth-order valence-electron chi connectivity index (χ4n) is 2.67. The van der Waals surface area contributed by atoms with Crippen molar-refractivity contribution in [2.45, 2.75) is 38.6 Å². The summed E-state index contributed by atoms with van der Waals surface area (Å²) in [5.41, 5.74) is 7.24. The molecule has 1 fully saturated rings. The highest BCUT2D eigenvalue weighted by atomic mass is 79.9. The molecule has 0 saturated carbocycles. The normalized spacial score (nSPS) is 24.2. The van der Waals surface area contributed by atoms with Gasteiger partial charge in [0.25, 0.3) is 0 Å². The zero-order valence-corrected chi connectivity index (χ0v) is 15.2. The van der Waals surface area contributed by atoms with Crippen molar-refractivity contribution in [2.75, 3.05) is 13.1 Å². The maximum absolute atomic E-state index is 12.9. The number of hydrogen-bond donors (Lipinski definition) is 1. The molecule has 0 spiro atoms. The van der Waals surface area contributed by atoms with Gasteiger partial charge in [-0.05, 0) is 48.4 Å². The number of nitrogens with two attached hydrogens (primary N) is 1. The lowest BCUT2D eigenvalue weighted by molar-refractivity contribution is 0.212. The Bertz CT molecular complexity index is 631. The second-order valence-electron chi connectivity index (χ2n) is 6.01. The van der Waals surface area contributed by atoms with E-state index in [9.17, 15) is 8.42 Å². The van der Waals surface area contributed by atoms with Gasteiger partial charge < -0.3 is 5.73 Å². The zero-order valence-electron chi connectivity index (χ0n) is 12.8. The van der Waals surface area contributed by atoms with E-state index in [0.717, 1.165) is 22.0 Å². The predicted octanol–water partition coefficient (Wildman–Crippen LogP) is 2.88. The molecular weight excluding hydrogens is 352 g/mol. The first kappa shape index (κ1) is 16.9. The highest BCUT2D eigenvalue weighted by Gasteiger charge is 2.33. The first-order valence-corrected chi connectivity index (χ1v) is 9.50. The van der Waals surface area contributed by atoms with E-state index < -0.39 is 10.0 Å². The minimum atomic E-state index is -3.46. The van der Waals surface area contributed by atoms with Crippen LogP contribution in [0.4, 0.5) is 0 Å². The summed E-state index contributed by atoms with van der Waals surface area (Å²) in [6.07, 6.45) is 0.914. The van der Waals surface area contributed by atoms with E-state index in [1.165, 1.54) is 0 Å². The molecule has 1 aliphatic heterocycles. The number of sulfonamides is 1. The van der Waals surface area contributed by atoms with Crippen LogP contribution >= 0.6 is 15.9 Å². The Hall–Kier alpha value is -0.430. The first-order chi connectivity index (χ1) is 9.77. The third kappa shape index (κ3) is 3.33. The van der Waals surface area contributed by atoms with Crippen LogP contribution in [0.15, 0.2) is 21.5 Å². The lowest BCUT2D eigenvalue weighted by atomic mass is 9.90. The molecule has 0 aromatic heterocycles. The Morgan fingerprint density at radius 3 is 2.57 bits per heavy atom. The molecule has 6 heteroatoms. The summed E-state index contributed by atoms with van der Waals surface area (Å²) in [6, 6.07) is 3.59. The van der Waals surface area contributed by atoms with Gasteiger partial charge in [0.05, 0.1) is 4.90 Å². The van der Waals surface area contributed by atoms with Crippen LogP contribution in [0.3, 0.4) is 0 Å². The Labute approximate surface area is 135 Å². The molecule has 1 aromatic carbocycles. The monoisotopic (exact) mass is 374 g/mol. The molecule has 1 heterocycles. The van der Waals surface area contributed by atoms with Crippen LogP contribution in [-0.4, -0.2) is 25.8 Å². The quantitative estimate of drug-likeness (QED) is 0.884. The molecule has 0 radical (unpaired) electrons. The third-order valence-corrected chi connectivity index (χ3v) is 7.32. The third-order valence-electron chi connectivity index (χ3n) is 4.51. The molecule has 2 rings (SSSR count). The second-order valence-corrected chi connectivity index (χ2v) is 8.77. The number of hydrogen-bond acceptors (Lipinski definition) is 3. The van der Waals surface area contributed by atoms with E-state index >= 15 is 0 Å². The molecule has 4 nitrogen and oxygen atoms in total. The van der Waals surface area contributed by atoms with Gasteiger partial charge in [-0.25, -0.2) is 8.42 Å². The lowest BCUT2D eigenvalue weighted by Crippen LogP contribution is -2.42. The summed E-state index contributed by atoms with van der Waals surface area (Å²) in [5.74, 6) is 0.953. The summed E-state index contributed by atoms with van der Waals surface area (Å²) in [5, 5.41) is 0. The van der Waals surface area contributed by atoms with Gasteiger partial charge in [-0.2, -0.15) is 4.31 Å². The second kappa shape index (κ2) is 6.36. The SMILES string of the molecule is Cc1c(Br)cc(CN)cc1S(=O)(=O)N1CCC(C)C(C)C1. The molecule has 0 amide bonds. The van der Waals surface area contributed by atoms with E-state index in [-0.39, 0.29) is 0 Å². The maximum Gasteiger partial charge on any atom is 0.243 e. The van der Waals surface area contributed by atoms with Crippen LogP contribution in [0.25, 0.3) is 0 Å². The van der Waals surface area contributed by atoms with Gasteiger partial charge in [0, 0.05) is 24.1 Å². The van der Waals surface area contributed by atoms with E-state index in [1.54, 1.807) is 10.4 Å². The number of nitrogens with zero attached hydrogens (tertiary/aromatic N) is 1. The van der Waals surface area contributed by atoms with Gasteiger partial charge in [-0.15, -0.1) is 0 Å². The fraction of sp³-hybridized carbons (Fsp3) is 0.600. The van der Waals surface area contributed by atoms with Crippen LogP contribution < -0.4 is 5.73 Å². The average molecular weight is 375 g/mol. The van der Waals surface area contributed by atoms with Gasteiger partial charge in [-0.3, -0.25) is 0 Å². The number of halogens is 1. The molecule has 0 aliphatic carbocycles. The van der Waals surface area contributed by atoms with Crippen molar-refractivity contribution in [3.8, 4) is 0 Å². The van der Waals surface area contributed by atoms with Crippen molar-refractivity contribution >= 4 is 26.0 Å². The van der Waals surface area contributed by atoms with Crippen molar-refractivity contribution in [1.82, 2.24) is 4.31 Å². The van der Waals surface area contributed by atoms with Crippen LogP contribution in [0, 0.1) is 18.8 Å². The minimum Gasteiger partial charge on any atom is -0.326 e. The Kier molecular flexibility index (Phi) is 5.13. The average Bonchev–Trinajstić information content (AvgIpc) is 2.44. The largest absolute Gasteiger partial charge is 0.326 e. The summed E-state index contributed by atoms with van der Waals surface area (Å²) in [7, 11) is -3.46. The van der Waals surface area contributed by atoms with E-state index in [1.807, 2.05) is 13.0 Å².